The van der Waals surface area contributed by atoms with Crippen LogP contribution in [0.15, 0.2) is 45.2 Å². The molecule has 10 heteroatoms. The molecule has 2 aromatic heterocycles. The number of benzene rings is 1. The minimum atomic E-state index is -0.742. The number of nitrogens with zero attached hydrogens (tertiary/aromatic N) is 4. The second kappa shape index (κ2) is 6.77. The fourth-order valence-electron chi connectivity index (χ4n) is 2.16. The monoisotopic (exact) mass is 361 g/mol. The van der Waals surface area contributed by atoms with Gasteiger partial charge in [-0.25, -0.2) is 14.1 Å². The van der Waals surface area contributed by atoms with Gasteiger partial charge in [0.05, 0.1) is 12.3 Å². The second-order valence-corrected chi connectivity index (χ2v) is 6.02. The smallest absolute Gasteiger partial charge is 0.310 e. The molecule has 8 nitrogen and oxygen atoms in total. The van der Waals surface area contributed by atoms with Gasteiger partial charge in [0.2, 0.25) is 0 Å². The zero-order valence-electron chi connectivity index (χ0n) is 12.9. The largest absolute Gasteiger partial charge is 0.499 e. The topological polar surface area (TPSA) is 113 Å². The van der Waals surface area contributed by atoms with Crippen molar-refractivity contribution in [1.82, 2.24) is 19.7 Å². The van der Waals surface area contributed by atoms with Gasteiger partial charge in [0.15, 0.2) is 5.06 Å². The molecule has 3 aromatic rings. The van der Waals surface area contributed by atoms with Crippen molar-refractivity contribution < 1.29 is 9.50 Å². The summed E-state index contributed by atoms with van der Waals surface area (Å²) in [5.74, 6) is -0.307. The number of aromatic amines is 1. The Labute approximate surface area is 144 Å². The minimum absolute atomic E-state index is 0.0452. The van der Waals surface area contributed by atoms with Gasteiger partial charge >= 0.3 is 4.87 Å². The molecule has 0 atom stereocenters. The Morgan fingerprint density at radius 3 is 2.88 bits per heavy atom. The first-order valence-electron chi connectivity index (χ1n) is 7.09. The van der Waals surface area contributed by atoms with Gasteiger partial charge in [-0.15, -0.1) is 5.10 Å². The number of hydrogen-bond donors (Lipinski definition) is 2. The van der Waals surface area contributed by atoms with Crippen LogP contribution < -0.4 is 10.4 Å². The highest BCUT2D eigenvalue weighted by Gasteiger charge is 2.13. The van der Waals surface area contributed by atoms with Crippen molar-refractivity contribution in [3.05, 3.63) is 67.6 Å². The van der Waals surface area contributed by atoms with Crippen LogP contribution in [-0.2, 0) is 6.54 Å². The molecular formula is C15H12FN5O3S. The van der Waals surface area contributed by atoms with E-state index in [9.17, 15) is 19.1 Å². The van der Waals surface area contributed by atoms with Crippen LogP contribution >= 0.6 is 11.3 Å². The van der Waals surface area contributed by atoms with E-state index in [1.165, 1.54) is 24.0 Å². The minimum Gasteiger partial charge on any atom is -0.499 e. The number of H-pyrrole nitrogens is 1. The van der Waals surface area contributed by atoms with Gasteiger partial charge in [-0.2, -0.15) is 4.98 Å². The molecule has 0 saturated heterocycles. The van der Waals surface area contributed by atoms with Crippen LogP contribution in [0.25, 0.3) is 0 Å². The fourth-order valence-corrected chi connectivity index (χ4v) is 2.82. The van der Waals surface area contributed by atoms with Crippen molar-refractivity contribution in [2.75, 3.05) is 0 Å². The van der Waals surface area contributed by atoms with Gasteiger partial charge in [-0.3, -0.25) is 14.6 Å². The summed E-state index contributed by atoms with van der Waals surface area (Å²) in [6.07, 6.45) is 1.38. The zero-order valence-corrected chi connectivity index (χ0v) is 13.7. The number of aromatic hydroxyl groups is 1. The molecule has 0 amide bonds. The molecule has 25 heavy (non-hydrogen) atoms. The van der Waals surface area contributed by atoms with Crippen molar-refractivity contribution in [2.24, 2.45) is 4.99 Å². The summed E-state index contributed by atoms with van der Waals surface area (Å²) in [4.78, 5) is 32.4. The van der Waals surface area contributed by atoms with Gasteiger partial charge < -0.3 is 5.11 Å². The summed E-state index contributed by atoms with van der Waals surface area (Å²) in [5, 5.41) is 13.4. The van der Waals surface area contributed by atoms with E-state index in [-0.39, 0.29) is 29.6 Å². The summed E-state index contributed by atoms with van der Waals surface area (Å²) in [5.41, 5.74) is -0.261. The number of aromatic nitrogens is 4. The van der Waals surface area contributed by atoms with Crippen LogP contribution in [0.3, 0.4) is 0 Å². The van der Waals surface area contributed by atoms with E-state index in [0.717, 1.165) is 0 Å². The molecular weight excluding hydrogens is 349 g/mol. The highest BCUT2D eigenvalue weighted by atomic mass is 32.1. The lowest BCUT2D eigenvalue weighted by atomic mass is 10.2. The van der Waals surface area contributed by atoms with Crippen LogP contribution in [0, 0.1) is 5.82 Å². The van der Waals surface area contributed by atoms with Crippen LogP contribution in [0.2, 0.25) is 0 Å². The predicted molar refractivity (Wildman–Crippen MR) is 90.3 cm³/mol. The molecule has 0 spiro atoms. The first kappa shape index (κ1) is 16.7. The number of hydrogen-bond acceptors (Lipinski definition) is 7. The van der Waals surface area contributed by atoms with Crippen molar-refractivity contribution in [2.45, 2.75) is 13.5 Å². The zero-order chi connectivity index (χ0) is 18.0. The van der Waals surface area contributed by atoms with Crippen molar-refractivity contribution >= 4 is 23.0 Å². The summed E-state index contributed by atoms with van der Waals surface area (Å²) in [7, 11) is 0. The third-order valence-electron chi connectivity index (χ3n) is 3.29. The maximum absolute atomic E-state index is 13.7. The van der Waals surface area contributed by atoms with E-state index in [4.69, 9.17) is 0 Å². The average Bonchev–Trinajstić information content (AvgIpc) is 2.95. The molecule has 0 aliphatic carbocycles. The highest BCUT2D eigenvalue weighted by Crippen LogP contribution is 2.17. The van der Waals surface area contributed by atoms with E-state index in [0.29, 0.717) is 16.9 Å². The number of rotatable bonds is 4. The number of aliphatic imine (C=N–C) groups is 1. The Morgan fingerprint density at radius 1 is 1.40 bits per heavy atom. The fraction of sp³-hybridized carbons (Fsp3) is 0.133. The Balaban J connectivity index is 1.88. The van der Waals surface area contributed by atoms with E-state index in [2.05, 4.69) is 20.1 Å². The maximum atomic E-state index is 13.7. The predicted octanol–water partition coefficient (Wildman–Crippen LogP) is 1.42. The number of nitrogens with one attached hydrogen (secondary N) is 1. The van der Waals surface area contributed by atoms with Gasteiger partial charge in [0.1, 0.15) is 17.7 Å². The number of halogens is 1. The third-order valence-corrected chi connectivity index (χ3v) is 3.97. The van der Waals surface area contributed by atoms with Gasteiger partial charge in [-0.1, -0.05) is 18.2 Å². The standard InChI is InChI=1S/C15H12FN5O3S/c1-8(11-12(22)19-15(24)25-13(11)23)18-14-17-7-21(20-14)6-9-4-2-3-5-10(9)16/h2-5,7,23H,6H2,1H3,(H,19,22,24)/b18-8+. The van der Waals surface area contributed by atoms with Crippen LogP contribution in [0.5, 0.6) is 5.06 Å². The third kappa shape index (κ3) is 3.69. The molecule has 2 heterocycles. The Morgan fingerprint density at radius 2 is 2.16 bits per heavy atom. The van der Waals surface area contributed by atoms with Gasteiger partial charge in [0, 0.05) is 5.56 Å². The first-order valence-corrected chi connectivity index (χ1v) is 7.90. The van der Waals surface area contributed by atoms with Crippen molar-refractivity contribution in [3.63, 3.8) is 0 Å². The van der Waals surface area contributed by atoms with Gasteiger partial charge in [0.25, 0.3) is 11.5 Å². The van der Waals surface area contributed by atoms with E-state index >= 15 is 0 Å². The van der Waals surface area contributed by atoms with E-state index < -0.39 is 15.5 Å². The maximum Gasteiger partial charge on any atom is 0.310 e. The highest BCUT2D eigenvalue weighted by molar-refractivity contribution is 7.11. The van der Waals surface area contributed by atoms with Crippen molar-refractivity contribution in [3.8, 4) is 5.06 Å². The van der Waals surface area contributed by atoms with E-state index in [1.807, 2.05) is 0 Å². The van der Waals surface area contributed by atoms with Gasteiger partial charge in [-0.05, 0) is 24.3 Å². The Kier molecular flexibility index (Phi) is 4.52. The summed E-state index contributed by atoms with van der Waals surface area (Å²) in [6, 6.07) is 6.30. The van der Waals surface area contributed by atoms with Crippen LogP contribution in [0.1, 0.15) is 18.1 Å². The molecule has 0 bridgehead atoms. The molecule has 2 N–H and O–H groups in total. The summed E-state index contributed by atoms with van der Waals surface area (Å²) >= 11 is 0.496. The Bertz CT molecular complexity index is 1070. The molecule has 3 rings (SSSR count). The molecule has 0 radical (unpaired) electrons. The molecule has 0 fully saturated rings. The summed E-state index contributed by atoms with van der Waals surface area (Å²) in [6.45, 7) is 1.66. The Hall–Kier alpha value is -3.14. The average molecular weight is 361 g/mol. The molecule has 0 unspecified atom stereocenters. The molecule has 0 aliphatic rings. The molecule has 0 aliphatic heterocycles. The molecule has 1 aromatic carbocycles. The van der Waals surface area contributed by atoms with Crippen LogP contribution in [-0.4, -0.2) is 30.6 Å². The lowest BCUT2D eigenvalue weighted by Crippen LogP contribution is -2.22. The second-order valence-electron chi connectivity index (χ2n) is 5.05. The summed E-state index contributed by atoms with van der Waals surface area (Å²) < 4.78 is 15.1. The molecule has 128 valence electrons. The quantitative estimate of drug-likeness (QED) is 0.683. The lowest BCUT2D eigenvalue weighted by molar-refractivity contribution is 0.487. The lowest BCUT2D eigenvalue weighted by Gasteiger charge is -2.02. The normalized spacial score (nSPS) is 11.7. The first-order chi connectivity index (χ1) is 11.9. The van der Waals surface area contributed by atoms with E-state index in [1.54, 1.807) is 18.2 Å². The SMILES string of the molecule is C/C(=N\c1ncn(Cc2ccccc2F)n1)c1c(O)sc(=O)[nH]c1=O. The van der Waals surface area contributed by atoms with Crippen LogP contribution in [0.4, 0.5) is 10.3 Å². The molecule has 0 saturated carbocycles. The van der Waals surface area contributed by atoms with Crippen molar-refractivity contribution in [1.29, 1.82) is 0 Å².